The number of benzene rings is 1. The topological polar surface area (TPSA) is 97.6 Å². The van der Waals surface area contributed by atoms with Crippen LogP contribution in [0.15, 0.2) is 55.2 Å². The number of carbonyl (C=O) groups is 1. The summed E-state index contributed by atoms with van der Waals surface area (Å²) in [5.74, 6) is 0.457. The van der Waals surface area contributed by atoms with Gasteiger partial charge < -0.3 is 15.2 Å². The van der Waals surface area contributed by atoms with Gasteiger partial charge in [0.25, 0.3) is 5.91 Å². The fourth-order valence-corrected chi connectivity index (χ4v) is 4.12. The minimum absolute atomic E-state index is 0.0350. The van der Waals surface area contributed by atoms with Gasteiger partial charge in [-0.25, -0.2) is 19.9 Å². The predicted octanol–water partition coefficient (Wildman–Crippen LogP) is 3.51. The van der Waals surface area contributed by atoms with Crippen molar-refractivity contribution in [3.05, 3.63) is 72.2 Å². The molecule has 3 aromatic heterocycles. The quantitative estimate of drug-likeness (QED) is 0.533. The zero-order valence-electron chi connectivity index (χ0n) is 17.3. The predicted molar refractivity (Wildman–Crippen MR) is 118 cm³/mol. The lowest BCUT2D eigenvalue weighted by atomic mass is 10.1. The molecule has 1 aliphatic heterocycles. The van der Waals surface area contributed by atoms with Gasteiger partial charge in [-0.3, -0.25) is 4.79 Å². The van der Waals surface area contributed by atoms with Crippen LogP contribution in [0.2, 0.25) is 0 Å². The van der Waals surface area contributed by atoms with Crippen LogP contribution < -0.4 is 10.6 Å². The van der Waals surface area contributed by atoms with E-state index in [0.717, 1.165) is 45.9 Å². The van der Waals surface area contributed by atoms with Crippen LogP contribution in [0.3, 0.4) is 0 Å². The van der Waals surface area contributed by atoms with E-state index in [9.17, 15) is 4.79 Å². The van der Waals surface area contributed by atoms with Gasteiger partial charge in [-0.2, -0.15) is 0 Å². The summed E-state index contributed by atoms with van der Waals surface area (Å²) < 4.78 is 2.07. The summed E-state index contributed by atoms with van der Waals surface area (Å²) in [5.41, 5.74) is 7.25. The Bertz CT molecular complexity index is 1280. The van der Waals surface area contributed by atoms with Crippen molar-refractivity contribution >= 4 is 17.5 Å². The zero-order chi connectivity index (χ0) is 21.4. The Hall–Kier alpha value is -4.07. The third-order valence-corrected chi connectivity index (χ3v) is 5.53. The van der Waals surface area contributed by atoms with Crippen LogP contribution in [0.25, 0.3) is 22.4 Å². The van der Waals surface area contributed by atoms with E-state index in [1.54, 1.807) is 18.6 Å². The van der Waals surface area contributed by atoms with E-state index in [1.807, 2.05) is 44.2 Å². The Morgan fingerprint density at radius 2 is 1.94 bits per heavy atom. The van der Waals surface area contributed by atoms with E-state index < -0.39 is 0 Å². The van der Waals surface area contributed by atoms with E-state index >= 15 is 0 Å². The molecule has 0 aliphatic carbocycles. The molecule has 0 saturated carbocycles. The Labute approximate surface area is 179 Å². The van der Waals surface area contributed by atoms with Crippen molar-refractivity contribution in [1.82, 2.24) is 29.8 Å². The average Bonchev–Trinajstić information content (AvgIpc) is 3.06. The number of aromatic nitrogens is 5. The molecule has 0 saturated heterocycles. The van der Waals surface area contributed by atoms with Crippen LogP contribution >= 0.6 is 0 Å². The first-order valence-corrected chi connectivity index (χ1v) is 10.1. The second-order valence-electron chi connectivity index (χ2n) is 7.44. The summed E-state index contributed by atoms with van der Waals surface area (Å²) in [4.78, 5) is 29.7. The molecule has 5 rings (SSSR count). The lowest BCUT2D eigenvalue weighted by molar-refractivity contribution is 0.0926. The molecule has 0 unspecified atom stereocenters. The first-order valence-electron chi connectivity index (χ1n) is 10.1. The second kappa shape index (κ2) is 7.64. The summed E-state index contributed by atoms with van der Waals surface area (Å²) in [7, 11) is 0. The monoisotopic (exact) mass is 411 g/mol. The van der Waals surface area contributed by atoms with Gasteiger partial charge in [0.15, 0.2) is 0 Å². The zero-order valence-corrected chi connectivity index (χ0v) is 17.3. The molecule has 8 heteroatoms. The molecule has 1 aliphatic rings. The van der Waals surface area contributed by atoms with Crippen LogP contribution in [0.5, 0.6) is 0 Å². The van der Waals surface area contributed by atoms with Crippen molar-refractivity contribution in [2.75, 3.05) is 11.9 Å². The second-order valence-corrected chi connectivity index (χ2v) is 7.44. The molecular weight excluding hydrogens is 390 g/mol. The summed E-state index contributed by atoms with van der Waals surface area (Å²) in [6.45, 7) is 5.41. The van der Waals surface area contributed by atoms with Crippen LogP contribution in [-0.2, 0) is 6.54 Å². The van der Waals surface area contributed by atoms with Crippen molar-refractivity contribution in [2.24, 2.45) is 0 Å². The molecular formula is C23H21N7O. The number of anilines is 2. The highest BCUT2D eigenvalue weighted by Crippen LogP contribution is 2.32. The van der Waals surface area contributed by atoms with E-state index in [-0.39, 0.29) is 5.91 Å². The van der Waals surface area contributed by atoms with Crippen molar-refractivity contribution in [1.29, 1.82) is 0 Å². The first-order chi connectivity index (χ1) is 15.1. The van der Waals surface area contributed by atoms with E-state index in [2.05, 4.69) is 30.2 Å². The number of hydrogen-bond donors (Lipinski definition) is 2. The minimum atomic E-state index is -0.0350. The maximum Gasteiger partial charge on any atom is 0.268 e. The number of nitrogens with zero attached hydrogens (tertiary/aromatic N) is 5. The average molecular weight is 411 g/mol. The Balaban J connectivity index is 1.48. The third kappa shape index (κ3) is 3.42. The van der Waals surface area contributed by atoms with Gasteiger partial charge in [-0.05, 0) is 43.2 Å². The highest BCUT2D eigenvalue weighted by atomic mass is 16.2. The number of carbonyl (C=O) groups excluding carboxylic acids is 1. The fraction of sp³-hybridized carbons (Fsp3) is 0.174. The first kappa shape index (κ1) is 18.9. The summed E-state index contributed by atoms with van der Waals surface area (Å²) in [6, 6.07) is 9.81. The van der Waals surface area contributed by atoms with Gasteiger partial charge in [-0.1, -0.05) is 12.1 Å². The number of fused-ring (bicyclic) bond motifs is 1. The molecule has 4 heterocycles. The highest BCUT2D eigenvalue weighted by molar-refractivity contribution is 5.97. The number of rotatable bonds is 4. The third-order valence-electron chi connectivity index (χ3n) is 5.53. The Morgan fingerprint density at radius 1 is 1.10 bits per heavy atom. The molecule has 31 heavy (non-hydrogen) atoms. The van der Waals surface area contributed by atoms with Crippen molar-refractivity contribution in [3.8, 4) is 22.4 Å². The molecule has 8 nitrogen and oxygen atoms in total. The lowest BCUT2D eigenvalue weighted by Crippen LogP contribution is -2.35. The SMILES string of the molecule is Cc1c(-c2ccnc(Nc3cccc(-c4cncnc4)c3)n2)c(C)n2c1C(=O)NCC2. The Morgan fingerprint density at radius 3 is 2.74 bits per heavy atom. The van der Waals surface area contributed by atoms with Gasteiger partial charge in [0, 0.05) is 54.2 Å². The van der Waals surface area contributed by atoms with Crippen LogP contribution in [0.1, 0.15) is 21.7 Å². The number of hydrogen-bond acceptors (Lipinski definition) is 6. The smallest absolute Gasteiger partial charge is 0.268 e. The van der Waals surface area contributed by atoms with Crippen molar-refractivity contribution in [2.45, 2.75) is 20.4 Å². The molecule has 0 atom stereocenters. The number of amides is 1. The van der Waals surface area contributed by atoms with Gasteiger partial charge in [0.05, 0.1) is 5.69 Å². The van der Waals surface area contributed by atoms with E-state index in [1.165, 1.54) is 6.33 Å². The van der Waals surface area contributed by atoms with Crippen molar-refractivity contribution < 1.29 is 4.79 Å². The van der Waals surface area contributed by atoms with Gasteiger partial charge in [0.1, 0.15) is 12.0 Å². The normalized spacial score (nSPS) is 12.9. The molecule has 1 aromatic carbocycles. The van der Waals surface area contributed by atoms with E-state index in [0.29, 0.717) is 18.2 Å². The number of nitrogens with one attached hydrogen (secondary N) is 2. The standard InChI is InChI=1S/C23H21N7O/c1-14-20(15(2)30-9-8-26-22(31)21(14)30)19-6-7-27-23(29-19)28-18-5-3-4-16(10-18)17-11-24-13-25-12-17/h3-7,10-13H,8-9H2,1-2H3,(H,26,31)(H,27,28,29). The maximum atomic E-state index is 12.4. The largest absolute Gasteiger partial charge is 0.349 e. The highest BCUT2D eigenvalue weighted by Gasteiger charge is 2.26. The molecule has 0 fully saturated rings. The summed E-state index contributed by atoms with van der Waals surface area (Å²) in [5, 5.41) is 6.20. The molecule has 1 amide bonds. The van der Waals surface area contributed by atoms with Crippen molar-refractivity contribution in [3.63, 3.8) is 0 Å². The Kier molecular flexibility index (Phi) is 4.66. The molecule has 0 radical (unpaired) electrons. The van der Waals surface area contributed by atoms with Gasteiger partial charge in [-0.15, -0.1) is 0 Å². The molecule has 0 bridgehead atoms. The van der Waals surface area contributed by atoms with Gasteiger partial charge in [0.2, 0.25) is 5.95 Å². The minimum Gasteiger partial charge on any atom is -0.349 e. The fourth-order valence-electron chi connectivity index (χ4n) is 4.12. The van der Waals surface area contributed by atoms with Crippen LogP contribution in [-0.4, -0.2) is 37.0 Å². The summed E-state index contributed by atoms with van der Waals surface area (Å²) >= 11 is 0. The van der Waals surface area contributed by atoms with Gasteiger partial charge >= 0.3 is 0 Å². The maximum absolute atomic E-state index is 12.4. The molecule has 154 valence electrons. The summed E-state index contributed by atoms with van der Waals surface area (Å²) in [6.07, 6.45) is 6.80. The van der Waals surface area contributed by atoms with Crippen LogP contribution in [0.4, 0.5) is 11.6 Å². The van der Waals surface area contributed by atoms with E-state index in [4.69, 9.17) is 4.98 Å². The lowest BCUT2D eigenvalue weighted by Gasteiger charge is -2.17. The molecule has 0 spiro atoms. The van der Waals surface area contributed by atoms with Crippen LogP contribution in [0, 0.1) is 13.8 Å². The molecule has 4 aromatic rings. The molecule has 2 N–H and O–H groups in total.